The van der Waals surface area contributed by atoms with E-state index in [4.69, 9.17) is 9.47 Å². The molecule has 1 atom stereocenters. The van der Waals surface area contributed by atoms with Crippen LogP contribution in [0, 0.1) is 0 Å². The number of amides is 1. The second kappa shape index (κ2) is 9.94. The Hall–Kier alpha value is -2.90. The predicted molar refractivity (Wildman–Crippen MR) is 120 cm³/mol. The molecule has 31 heavy (non-hydrogen) atoms. The fourth-order valence-electron chi connectivity index (χ4n) is 4.15. The van der Waals surface area contributed by atoms with Gasteiger partial charge in [-0.15, -0.1) is 0 Å². The maximum absolute atomic E-state index is 12.9. The van der Waals surface area contributed by atoms with Crippen LogP contribution in [0.25, 0.3) is 11.0 Å². The molecular formula is C24H30N4O3. The lowest BCUT2D eigenvalue weighted by Gasteiger charge is -2.35. The molecule has 4 rings (SSSR count). The Morgan fingerprint density at radius 1 is 1.16 bits per heavy atom. The summed E-state index contributed by atoms with van der Waals surface area (Å²) in [6, 6.07) is 16.1. The van der Waals surface area contributed by atoms with Gasteiger partial charge in [0.1, 0.15) is 18.1 Å². The molecule has 0 radical (unpaired) electrons. The molecule has 3 aromatic rings. The smallest absolute Gasteiger partial charge is 0.240 e. The van der Waals surface area contributed by atoms with Gasteiger partial charge in [-0.25, -0.2) is 4.98 Å². The number of benzene rings is 2. The second-order valence-electron chi connectivity index (χ2n) is 7.70. The third-order valence-corrected chi connectivity index (χ3v) is 5.83. The summed E-state index contributed by atoms with van der Waals surface area (Å²) in [6.45, 7) is 5.98. The van der Waals surface area contributed by atoms with Crippen LogP contribution in [0.3, 0.4) is 0 Å². The third kappa shape index (κ3) is 4.89. The van der Waals surface area contributed by atoms with Gasteiger partial charge in [-0.3, -0.25) is 9.69 Å². The van der Waals surface area contributed by atoms with Gasteiger partial charge >= 0.3 is 0 Å². The quantitative estimate of drug-likeness (QED) is 0.605. The highest BCUT2D eigenvalue weighted by Gasteiger charge is 2.23. The first-order chi connectivity index (χ1) is 15.2. The number of hydrogen-bond donors (Lipinski definition) is 1. The number of rotatable bonds is 8. The van der Waals surface area contributed by atoms with Crippen LogP contribution in [0.15, 0.2) is 48.5 Å². The van der Waals surface area contributed by atoms with Crippen molar-refractivity contribution in [2.45, 2.75) is 25.9 Å². The van der Waals surface area contributed by atoms with Crippen molar-refractivity contribution in [3.8, 4) is 5.75 Å². The van der Waals surface area contributed by atoms with Crippen molar-refractivity contribution < 1.29 is 14.3 Å². The van der Waals surface area contributed by atoms with Crippen molar-refractivity contribution in [1.82, 2.24) is 19.8 Å². The number of nitrogens with zero attached hydrogens (tertiary/aromatic N) is 3. The number of carbonyl (C=O) groups excluding carboxylic acids is 1. The van der Waals surface area contributed by atoms with Crippen molar-refractivity contribution in [1.29, 1.82) is 0 Å². The Morgan fingerprint density at radius 3 is 2.61 bits per heavy atom. The molecule has 0 unspecified atom stereocenters. The molecule has 1 amide bonds. The molecule has 1 aliphatic heterocycles. The maximum Gasteiger partial charge on any atom is 0.240 e. The summed E-state index contributed by atoms with van der Waals surface area (Å²) < 4.78 is 12.8. The molecule has 2 aromatic carbocycles. The highest BCUT2D eigenvalue weighted by Crippen LogP contribution is 2.24. The molecule has 2 heterocycles. The second-order valence-corrected chi connectivity index (χ2v) is 7.70. The number of fused-ring (bicyclic) bond motifs is 1. The first-order valence-electron chi connectivity index (χ1n) is 10.9. The minimum atomic E-state index is -0.00961. The number of imidazole rings is 1. The Bertz CT molecular complexity index is 1010. The largest absolute Gasteiger partial charge is 0.497 e. The number of hydrogen-bond acceptors (Lipinski definition) is 5. The molecule has 0 spiro atoms. The lowest BCUT2D eigenvalue weighted by molar-refractivity contribution is -0.122. The highest BCUT2D eigenvalue weighted by atomic mass is 16.5. The fourth-order valence-corrected chi connectivity index (χ4v) is 4.15. The van der Waals surface area contributed by atoms with Crippen LogP contribution in [-0.4, -0.2) is 60.3 Å². The van der Waals surface area contributed by atoms with Crippen LogP contribution in [0.2, 0.25) is 0 Å². The first kappa shape index (κ1) is 21.3. The molecule has 7 nitrogen and oxygen atoms in total. The number of para-hydroxylation sites is 2. The zero-order valence-corrected chi connectivity index (χ0v) is 18.2. The maximum atomic E-state index is 12.9. The van der Waals surface area contributed by atoms with Gasteiger partial charge in [0.25, 0.3) is 0 Å². The summed E-state index contributed by atoms with van der Waals surface area (Å²) in [5, 5.41) is 3.16. The monoisotopic (exact) mass is 422 g/mol. The van der Waals surface area contributed by atoms with Gasteiger partial charge in [0.05, 0.1) is 37.4 Å². The van der Waals surface area contributed by atoms with Crippen molar-refractivity contribution in [2.75, 3.05) is 40.0 Å². The molecule has 1 aromatic heterocycles. The Kier molecular flexibility index (Phi) is 6.84. The first-order valence-corrected chi connectivity index (χ1v) is 10.9. The van der Waals surface area contributed by atoms with Gasteiger partial charge in [0, 0.05) is 26.1 Å². The van der Waals surface area contributed by atoms with Gasteiger partial charge in [-0.05, 0) is 29.8 Å². The Labute approximate surface area is 183 Å². The zero-order chi connectivity index (χ0) is 21.6. The fraction of sp³-hybridized carbons (Fsp3) is 0.417. The number of ether oxygens (including phenoxy) is 2. The van der Waals surface area contributed by atoms with Gasteiger partial charge in [-0.2, -0.15) is 0 Å². The van der Waals surface area contributed by atoms with Crippen LogP contribution in [0.4, 0.5) is 0 Å². The highest BCUT2D eigenvalue weighted by molar-refractivity contribution is 5.81. The van der Waals surface area contributed by atoms with Crippen molar-refractivity contribution in [2.24, 2.45) is 0 Å². The zero-order valence-electron chi connectivity index (χ0n) is 18.2. The van der Waals surface area contributed by atoms with Gasteiger partial charge in [0.2, 0.25) is 5.91 Å². The van der Waals surface area contributed by atoms with E-state index in [-0.39, 0.29) is 18.5 Å². The van der Waals surface area contributed by atoms with E-state index in [9.17, 15) is 4.79 Å². The lowest BCUT2D eigenvalue weighted by Crippen LogP contribution is -2.44. The Balaban J connectivity index is 1.48. The molecule has 1 fully saturated rings. The molecule has 1 N–H and O–H groups in total. The van der Waals surface area contributed by atoms with Crippen molar-refractivity contribution in [3.05, 3.63) is 59.9 Å². The minimum absolute atomic E-state index is 0.00961. The van der Waals surface area contributed by atoms with Gasteiger partial charge in [0.15, 0.2) is 0 Å². The number of methoxy groups -OCH3 is 1. The summed E-state index contributed by atoms with van der Waals surface area (Å²) in [5.74, 6) is 1.74. The topological polar surface area (TPSA) is 68.6 Å². The van der Waals surface area contributed by atoms with Crippen LogP contribution in [0.5, 0.6) is 5.75 Å². The van der Waals surface area contributed by atoms with E-state index >= 15 is 0 Å². The van der Waals surface area contributed by atoms with Crippen molar-refractivity contribution >= 4 is 16.9 Å². The van der Waals surface area contributed by atoms with E-state index < -0.39 is 0 Å². The molecule has 0 saturated carbocycles. The summed E-state index contributed by atoms with van der Waals surface area (Å²) in [5.41, 5.74) is 3.08. The summed E-state index contributed by atoms with van der Waals surface area (Å²) in [7, 11) is 1.67. The average Bonchev–Trinajstić information content (AvgIpc) is 3.18. The Morgan fingerprint density at radius 2 is 1.90 bits per heavy atom. The number of carbonyl (C=O) groups is 1. The van der Waals surface area contributed by atoms with Gasteiger partial charge in [-0.1, -0.05) is 31.2 Å². The van der Waals surface area contributed by atoms with E-state index in [0.29, 0.717) is 19.8 Å². The number of morpholine rings is 1. The van der Waals surface area contributed by atoms with E-state index in [1.807, 2.05) is 41.0 Å². The van der Waals surface area contributed by atoms with E-state index in [1.165, 1.54) is 0 Å². The molecular weight excluding hydrogens is 392 g/mol. The standard InChI is InChI=1S/C24H30N4O3/c1-3-23-26-20-6-4-5-7-21(20)28(23)17-24(29)25-16-22(27-12-14-31-15-13-27)18-8-10-19(30-2)11-9-18/h4-11,22H,3,12-17H2,1-2H3,(H,25,29)/t22-/m1/s1. The molecule has 1 saturated heterocycles. The molecule has 164 valence electrons. The van der Waals surface area contributed by atoms with Crippen LogP contribution >= 0.6 is 0 Å². The van der Waals surface area contributed by atoms with Gasteiger partial charge < -0.3 is 19.4 Å². The van der Waals surface area contributed by atoms with E-state index in [2.05, 4.69) is 34.3 Å². The summed E-state index contributed by atoms with van der Waals surface area (Å²) in [6.07, 6.45) is 0.782. The lowest BCUT2D eigenvalue weighted by atomic mass is 10.0. The van der Waals surface area contributed by atoms with Crippen LogP contribution in [-0.2, 0) is 22.5 Å². The summed E-state index contributed by atoms with van der Waals surface area (Å²) >= 11 is 0. The number of aryl methyl sites for hydroxylation is 1. The van der Waals surface area contributed by atoms with E-state index in [0.717, 1.165) is 47.7 Å². The SMILES string of the molecule is CCc1nc2ccccc2n1CC(=O)NC[C@H](c1ccc(OC)cc1)N1CCOCC1. The molecule has 0 bridgehead atoms. The van der Waals surface area contributed by atoms with Crippen LogP contribution in [0.1, 0.15) is 24.4 Å². The van der Waals surface area contributed by atoms with E-state index in [1.54, 1.807) is 7.11 Å². The molecule has 0 aliphatic carbocycles. The predicted octanol–water partition coefficient (Wildman–Crippen LogP) is 2.80. The van der Waals surface area contributed by atoms with Crippen LogP contribution < -0.4 is 10.1 Å². The normalized spacial score (nSPS) is 15.7. The minimum Gasteiger partial charge on any atom is -0.497 e. The summed E-state index contributed by atoms with van der Waals surface area (Å²) in [4.78, 5) is 20.0. The number of nitrogens with one attached hydrogen (secondary N) is 1. The molecule has 7 heteroatoms. The average molecular weight is 423 g/mol. The molecule has 1 aliphatic rings. The van der Waals surface area contributed by atoms with Crippen molar-refractivity contribution in [3.63, 3.8) is 0 Å². The number of aromatic nitrogens is 2. The third-order valence-electron chi connectivity index (χ3n) is 5.83.